The molecular formula is C3H5Cl3O. The quantitative estimate of drug-likeness (QED) is 0.566. The molecule has 4 heteroatoms. The van der Waals surface area contributed by atoms with Crippen LogP contribution < -0.4 is 0 Å². The van der Waals surface area contributed by atoms with E-state index in [-0.39, 0.29) is 5.88 Å². The van der Waals surface area contributed by atoms with Crippen LogP contribution in [0.15, 0.2) is 0 Å². The summed E-state index contributed by atoms with van der Waals surface area (Å²) in [5.41, 5.74) is 0. The second kappa shape index (κ2) is 2.98. The number of halogens is 3. The Bertz CT molecular complexity index is 48.1. The summed E-state index contributed by atoms with van der Waals surface area (Å²) in [4.78, 5) is 0. The van der Waals surface area contributed by atoms with Gasteiger partial charge in [-0.05, 0) is 0 Å². The van der Waals surface area contributed by atoms with Gasteiger partial charge in [-0.25, -0.2) is 0 Å². The molecule has 0 aliphatic carbocycles. The Morgan fingerprint density at radius 2 is 2.00 bits per heavy atom. The van der Waals surface area contributed by atoms with Crippen LogP contribution in [0.4, 0.5) is 0 Å². The van der Waals surface area contributed by atoms with Gasteiger partial charge in [-0.2, -0.15) is 0 Å². The van der Waals surface area contributed by atoms with E-state index in [1.165, 1.54) is 7.11 Å². The highest BCUT2D eigenvalue weighted by Crippen LogP contribution is 2.22. The van der Waals surface area contributed by atoms with Crippen LogP contribution in [0.3, 0.4) is 0 Å². The number of ether oxygens (including phenoxy) is 1. The van der Waals surface area contributed by atoms with Crippen LogP contribution in [0, 0.1) is 0 Å². The Hall–Kier alpha value is 0.830. The maximum absolute atomic E-state index is 5.32. The highest BCUT2D eigenvalue weighted by atomic mass is 35.5. The Morgan fingerprint density at radius 1 is 1.57 bits per heavy atom. The van der Waals surface area contributed by atoms with Crippen molar-refractivity contribution in [1.29, 1.82) is 0 Å². The van der Waals surface area contributed by atoms with Crippen molar-refractivity contribution in [3.8, 4) is 0 Å². The SMILES string of the molecule is COC(Cl)(Cl)CCl. The zero-order valence-electron chi connectivity index (χ0n) is 3.75. The van der Waals surface area contributed by atoms with Gasteiger partial charge < -0.3 is 4.74 Å². The highest BCUT2D eigenvalue weighted by Gasteiger charge is 2.19. The molecule has 0 radical (unpaired) electrons. The normalized spacial score (nSPS) is 12.0. The van der Waals surface area contributed by atoms with Crippen molar-refractivity contribution in [1.82, 2.24) is 0 Å². The molecule has 0 aromatic heterocycles. The number of hydrogen-bond donors (Lipinski definition) is 0. The zero-order chi connectivity index (χ0) is 5.91. The molecule has 0 bridgehead atoms. The first-order valence-electron chi connectivity index (χ1n) is 1.61. The van der Waals surface area contributed by atoms with Crippen LogP contribution in [0.1, 0.15) is 0 Å². The molecule has 0 heterocycles. The molecule has 44 valence electrons. The third-order valence-electron chi connectivity index (χ3n) is 0.454. The Labute approximate surface area is 57.5 Å². The predicted molar refractivity (Wildman–Crippen MR) is 32.2 cm³/mol. The van der Waals surface area contributed by atoms with E-state index in [0.29, 0.717) is 0 Å². The van der Waals surface area contributed by atoms with Crippen LogP contribution in [0.25, 0.3) is 0 Å². The highest BCUT2D eigenvalue weighted by molar-refractivity contribution is 6.50. The van der Waals surface area contributed by atoms with Crippen LogP contribution in [-0.4, -0.2) is 17.5 Å². The molecular weight excluding hydrogens is 158 g/mol. The van der Waals surface area contributed by atoms with Gasteiger partial charge in [0.15, 0.2) is 0 Å². The zero-order valence-corrected chi connectivity index (χ0v) is 6.02. The molecule has 0 spiro atoms. The summed E-state index contributed by atoms with van der Waals surface area (Å²) in [7, 11) is 1.39. The summed E-state index contributed by atoms with van der Waals surface area (Å²) >= 11 is 15.8. The van der Waals surface area contributed by atoms with Crippen molar-refractivity contribution in [3.05, 3.63) is 0 Å². The van der Waals surface area contributed by atoms with Crippen molar-refractivity contribution < 1.29 is 4.74 Å². The monoisotopic (exact) mass is 162 g/mol. The van der Waals surface area contributed by atoms with Crippen molar-refractivity contribution in [2.45, 2.75) is 4.52 Å². The van der Waals surface area contributed by atoms with Crippen LogP contribution in [0.5, 0.6) is 0 Å². The van der Waals surface area contributed by atoms with E-state index in [9.17, 15) is 0 Å². The minimum atomic E-state index is -1.21. The number of rotatable bonds is 2. The molecule has 0 N–H and O–H groups in total. The summed E-state index contributed by atoms with van der Waals surface area (Å²) in [6, 6.07) is 0. The standard InChI is InChI=1S/C3H5Cl3O/c1-7-3(5,6)2-4/h2H2,1H3. The first kappa shape index (κ1) is 7.83. The van der Waals surface area contributed by atoms with E-state index in [0.717, 1.165) is 0 Å². The van der Waals surface area contributed by atoms with Gasteiger partial charge in [0, 0.05) is 7.11 Å². The smallest absolute Gasteiger partial charge is 0.230 e. The van der Waals surface area contributed by atoms with E-state index in [1.807, 2.05) is 0 Å². The molecule has 7 heavy (non-hydrogen) atoms. The summed E-state index contributed by atoms with van der Waals surface area (Å²) in [5, 5.41) is 0. The molecule has 0 aromatic rings. The second-order valence-electron chi connectivity index (χ2n) is 0.975. The summed E-state index contributed by atoms with van der Waals surface area (Å²) in [6.45, 7) is 0. The van der Waals surface area contributed by atoms with Gasteiger partial charge in [0.2, 0.25) is 4.52 Å². The lowest BCUT2D eigenvalue weighted by Crippen LogP contribution is -2.16. The van der Waals surface area contributed by atoms with Crippen LogP contribution in [-0.2, 0) is 4.74 Å². The average molecular weight is 163 g/mol. The van der Waals surface area contributed by atoms with Gasteiger partial charge >= 0.3 is 0 Å². The van der Waals surface area contributed by atoms with E-state index >= 15 is 0 Å². The molecule has 0 saturated carbocycles. The van der Waals surface area contributed by atoms with Crippen molar-refractivity contribution in [3.63, 3.8) is 0 Å². The number of alkyl halides is 3. The summed E-state index contributed by atoms with van der Waals surface area (Å²) in [6.07, 6.45) is 0. The van der Waals surface area contributed by atoms with Crippen LogP contribution >= 0.6 is 34.8 Å². The molecule has 0 aliphatic heterocycles. The van der Waals surface area contributed by atoms with Crippen molar-refractivity contribution in [2.24, 2.45) is 0 Å². The van der Waals surface area contributed by atoms with Gasteiger partial charge in [0.05, 0.1) is 5.88 Å². The van der Waals surface area contributed by atoms with Crippen molar-refractivity contribution in [2.75, 3.05) is 13.0 Å². The average Bonchev–Trinajstić information content (AvgIpc) is 1.68. The van der Waals surface area contributed by atoms with Gasteiger partial charge in [0.25, 0.3) is 0 Å². The minimum absolute atomic E-state index is 0.0760. The van der Waals surface area contributed by atoms with E-state index in [4.69, 9.17) is 34.8 Å². The first-order chi connectivity index (χ1) is 3.12. The van der Waals surface area contributed by atoms with Gasteiger partial charge in [0.1, 0.15) is 0 Å². The fraction of sp³-hybridized carbons (Fsp3) is 1.00. The van der Waals surface area contributed by atoms with Gasteiger partial charge in [-0.3, -0.25) is 0 Å². The predicted octanol–water partition coefficient (Wildman–Crippen LogP) is 2.00. The Balaban J connectivity index is 3.36. The van der Waals surface area contributed by atoms with Crippen molar-refractivity contribution >= 4 is 34.8 Å². The van der Waals surface area contributed by atoms with Crippen LogP contribution in [0.2, 0.25) is 0 Å². The summed E-state index contributed by atoms with van der Waals surface area (Å²) < 4.78 is 3.28. The molecule has 0 aromatic carbocycles. The third kappa shape index (κ3) is 3.42. The lowest BCUT2D eigenvalue weighted by atomic mass is 10.8. The molecule has 0 unspecified atom stereocenters. The molecule has 0 rings (SSSR count). The molecule has 0 fully saturated rings. The largest absolute Gasteiger partial charge is 0.349 e. The first-order valence-corrected chi connectivity index (χ1v) is 2.90. The third-order valence-corrected chi connectivity index (χ3v) is 1.68. The Morgan fingerprint density at radius 3 is 2.00 bits per heavy atom. The van der Waals surface area contributed by atoms with Gasteiger partial charge in [-0.1, -0.05) is 23.2 Å². The number of hydrogen-bond acceptors (Lipinski definition) is 1. The van der Waals surface area contributed by atoms with E-state index in [2.05, 4.69) is 4.74 Å². The molecule has 0 saturated heterocycles. The topological polar surface area (TPSA) is 9.23 Å². The molecule has 0 amide bonds. The maximum atomic E-state index is 5.32. The minimum Gasteiger partial charge on any atom is -0.349 e. The molecule has 0 aliphatic rings. The number of methoxy groups -OCH3 is 1. The Kier molecular flexibility index (Phi) is 3.33. The van der Waals surface area contributed by atoms with E-state index < -0.39 is 4.52 Å². The summed E-state index contributed by atoms with van der Waals surface area (Å²) in [5.74, 6) is 0.0760. The fourth-order valence-corrected chi connectivity index (χ4v) is 0.164. The molecule has 1 nitrogen and oxygen atoms in total. The second-order valence-corrected chi connectivity index (χ2v) is 2.66. The maximum Gasteiger partial charge on any atom is 0.230 e. The lowest BCUT2D eigenvalue weighted by molar-refractivity contribution is 0.151. The van der Waals surface area contributed by atoms with Gasteiger partial charge in [-0.15, -0.1) is 11.6 Å². The lowest BCUT2D eigenvalue weighted by Gasteiger charge is -2.11. The molecule has 0 atom stereocenters. The van der Waals surface area contributed by atoms with E-state index in [1.54, 1.807) is 0 Å². The fourth-order valence-electron chi connectivity index (χ4n) is 0.0546.